The Morgan fingerprint density at radius 3 is 2.85 bits per heavy atom. The molecule has 1 aromatic heterocycles. The van der Waals surface area contributed by atoms with Crippen LogP contribution in [-0.2, 0) is 15.7 Å². The number of morpholine rings is 1. The Morgan fingerprint density at radius 2 is 2.25 bits per heavy atom. The van der Waals surface area contributed by atoms with Crippen molar-refractivity contribution < 1.29 is 22.6 Å². The van der Waals surface area contributed by atoms with Crippen LogP contribution >= 0.6 is 11.6 Å². The van der Waals surface area contributed by atoms with E-state index < -0.39 is 16.9 Å². The van der Waals surface area contributed by atoms with Gasteiger partial charge in [-0.2, -0.15) is 13.2 Å². The molecule has 1 fully saturated rings. The highest BCUT2D eigenvalue weighted by Gasteiger charge is 2.34. The molecule has 0 spiro atoms. The Hall–Kier alpha value is -1.05. The van der Waals surface area contributed by atoms with E-state index in [9.17, 15) is 13.2 Å². The SMILES string of the molecule is COC[C@@H]1CN(c2ccc(C(F)(F)F)c(Cl)n2)CCO1. The summed E-state index contributed by atoms with van der Waals surface area (Å²) in [7, 11) is 1.57. The van der Waals surface area contributed by atoms with Crippen LogP contribution in [0.2, 0.25) is 5.15 Å². The van der Waals surface area contributed by atoms with Gasteiger partial charge in [-0.15, -0.1) is 0 Å². The Kier molecular flexibility index (Phi) is 4.72. The number of hydrogen-bond donors (Lipinski definition) is 0. The van der Waals surface area contributed by atoms with Crippen molar-refractivity contribution in [1.29, 1.82) is 0 Å². The van der Waals surface area contributed by atoms with E-state index in [-0.39, 0.29) is 6.10 Å². The maximum Gasteiger partial charge on any atom is 0.419 e. The number of rotatable bonds is 3. The lowest BCUT2D eigenvalue weighted by atomic mass is 10.2. The van der Waals surface area contributed by atoms with E-state index in [0.717, 1.165) is 6.07 Å². The van der Waals surface area contributed by atoms with Crippen molar-refractivity contribution in [2.24, 2.45) is 0 Å². The van der Waals surface area contributed by atoms with Gasteiger partial charge in [-0.1, -0.05) is 11.6 Å². The molecule has 0 aromatic carbocycles. The lowest BCUT2D eigenvalue weighted by molar-refractivity contribution is -0.137. The molecule has 0 N–H and O–H groups in total. The third-order valence-corrected chi connectivity index (χ3v) is 3.24. The maximum absolute atomic E-state index is 12.6. The minimum Gasteiger partial charge on any atom is -0.382 e. The molecule has 0 amide bonds. The van der Waals surface area contributed by atoms with Crippen LogP contribution in [0.3, 0.4) is 0 Å². The molecule has 8 heteroatoms. The number of ether oxygens (including phenoxy) is 2. The summed E-state index contributed by atoms with van der Waals surface area (Å²) in [5.74, 6) is 0.410. The fraction of sp³-hybridized carbons (Fsp3) is 0.583. The summed E-state index contributed by atoms with van der Waals surface area (Å²) in [6.45, 7) is 1.94. The molecule has 0 aliphatic carbocycles. The number of aromatic nitrogens is 1. The van der Waals surface area contributed by atoms with Crippen molar-refractivity contribution >= 4 is 17.4 Å². The van der Waals surface area contributed by atoms with E-state index in [1.807, 2.05) is 4.90 Å². The molecule has 112 valence electrons. The Labute approximate surface area is 119 Å². The van der Waals surface area contributed by atoms with Gasteiger partial charge in [0.15, 0.2) is 0 Å². The van der Waals surface area contributed by atoms with Gasteiger partial charge in [0.1, 0.15) is 11.0 Å². The zero-order valence-electron chi connectivity index (χ0n) is 10.8. The molecular formula is C12H14ClF3N2O2. The van der Waals surface area contributed by atoms with E-state index in [1.54, 1.807) is 7.11 Å². The van der Waals surface area contributed by atoms with Crippen LogP contribution < -0.4 is 4.90 Å². The zero-order valence-corrected chi connectivity index (χ0v) is 11.5. The second-order valence-corrected chi connectivity index (χ2v) is 4.76. The predicted molar refractivity (Wildman–Crippen MR) is 68.1 cm³/mol. The van der Waals surface area contributed by atoms with Gasteiger partial charge in [-0.25, -0.2) is 4.98 Å². The molecular weight excluding hydrogens is 297 g/mol. The zero-order chi connectivity index (χ0) is 14.8. The first-order chi connectivity index (χ1) is 9.41. The Bertz CT molecular complexity index is 469. The van der Waals surface area contributed by atoms with Gasteiger partial charge in [-0.05, 0) is 12.1 Å². The minimum atomic E-state index is -4.49. The number of nitrogens with zero attached hydrogens (tertiary/aromatic N) is 2. The molecule has 0 saturated carbocycles. The summed E-state index contributed by atoms with van der Waals surface area (Å²) in [4.78, 5) is 5.67. The largest absolute Gasteiger partial charge is 0.419 e. The second-order valence-electron chi connectivity index (χ2n) is 4.40. The molecule has 2 heterocycles. The van der Waals surface area contributed by atoms with Crippen LogP contribution in [0, 0.1) is 0 Å². The molecule has 1 aliphatic heterocycles. The standard InChI is InChI=1S/C12H14ClF3N2O2/c1-19-7-8-6-18(4-5-20-8)10-3-2-9(11(13)17-10)12(14,15)16/h2-3,8H,4-7H2,1H3/t8-/m0/s1. The topological polar surface area (TPSA) is 34.6 Å². The average molecular weight is 311 g/mol. The average Bonchev–Trinajstić information content (AvgIpc) is 2.38. The van der Waals surface area contributed by atoms with Crippen LogP contribution in [0.15, 0.2) is 12.1 Å². The summed E-state index contributed by atoms with van der Waals surface area (Å²) in [6.07, 6.45) is -4.62. The number of halogens is 4. The van der Waals surface area contributed by atoms with Gasteiger partial charge in [0.2, 0.25) is 0 Å². The quantitative estimate of drug-likeness (QED) is 0.804. The molecule has 4 nitrogen and oxygen atoms in total. The summed E-state index contributed by atoms with van der Waals surface area (Å²) >= 11 is 5.62. The highest BCUT2D eigenvalue weighted by Crippen LogP contribution is 2.34. The van der Waals surface area contributed by atoms with E-state index in [2.05, 4.69) is 4.98 Å². The number of anilines is 1. The summed E-state index contributed by atoms with van der Waals surface area (Å²) < 4.78 is 48.3. The molecule has 1 aliphatic rings. The third kappa shape index (κ3) is 3.53. The molecule has 0 radical (unpaired) electrons. The fourth-order valence-electron chi connectivity index (χ4n) is 2.03. The van der Waals surface area contributed by atoms with Crippen molar-refractivity contribution in [3.8, 4) is 0 Å². The lowest BCUT2D eigenvalue weighted by Crippen LogP contribution is -2.44. The summed E-state index contributed by atoms with van der Waals surface area (Å²) in [5, 5.41) is -0.537. The van der Waals surface area contributed by atoms with Gasteiger partial charge in [-0.3, -0.25) is 0 Å². The Morgan fingerprint density at radius 1 is 1.50 bits per heavy atom. The van der Waals surface area contributed by atoms with Crippen LogP contribution in [0.4, 0.5) is 19.0 Å². The number of hydrogen-bond acceptors (Lipinski definition) is 4. The van der Waals surface area contributed by atoms with E-state index in [4.69, 9.17) is 21.1 Å². The molecule has 1 saturated heterocycles. The second kappa shape index (κ2) is 6.15. The molecule has 2 rings (SSSR count). The third-order valence-electron chi connectivity index (χ3n) is 2.95. The van der Waals surface area contributed by atoms with Crippen LogP contribution in [0.25, 0.3) is 0 Å². The summed E-state index contributed by atoms with van der Waals surface area (Å²) in [5.41, 5.74) is -0.926. The van der Waals surface area contributed by atoms with Gasteiger partial charge in [0.05, 0.1) is 24.9 Å². The number of pyridine rings is 1. The lowest BCUT2D eigenvalue weighted by Gasteiger charge is -2.33. The number of alkyl halides is 3. The predicted octanol–water partition coefficient (Wildman–Crippen LogP) is 2.61. The van der Waals surface area contributed by atoms with E-state index in [0.29, 0.717) is 32.1 Å². The normalized spacial score (nSPS) is 20.2. The Balaban J connectivity index is 2.15. The van der Waals surface area contributed by atoms with Crippen LogP contribution in [0.5, 0.6) is 0 Å². The smallest absolute Gasteiger partial charge is 0.382 e. The van der Waals surface area contributed by atoms with Gasteiger partial charge in [0.25, 0.3) is 0 Å². The van der Waals surface area contributed by atoms with E-state index >= 15 is 0 Å². The fourth-order valence-corrected chi connectivity index (χ4v) is 2.28. The van der Waals surface area contributed by atoms with Crippen LogP contribution in [-0.4, -0.2) is 44.5 Å². The first-order valence-corrected chi connectivity index (χ1v) is 6.39. The minimum absolute atomic E-state index is 0.128. The van der Waals surface area contributed by atoms with Crippen molar-refractivity contribution in [3.05, 3.63) is 22.8 Å². The van der Waals surface area contributed by atoms with Gasteiger partial charge >= 0.3 is 6.18 Å². The van der Waals surface area contributed by atoms with Crippen molar-refractivity contribution in [3.63, 3.8) is 0 Å². The first kappa shape index (κ1) is 15.3. The molecule has 20 heavy (non-hydrogen) atoms. The van der Waals surface area contributed by atoms with Gasteiger partial charge < -0.3 is 14.4 Å². The molecule has 0 bridgehead atoms. The van der Waals surface area contributed by atoms with Crippen molar-refractivity contribution in [2.45, 2.75) is 12.3 Å². The van der Waals surface area contributed by atoms with E-state index in [1.165, 1.54) is 6.07 Å². The first-order valence-electron chi connectivity index (χ1n) is 6.01. The molecule has 1 atom stereocenters. The monoisotopic (exact) mass is 310 g/mol. The van der Waals surface area contributed by atoms with Crippen molar-refractivity contribution in [1.82, 2.24) is 4.98 Å². The highest BCUT2D eigenvalue weighted by molar-refractivity contribution is 6.30. The van der Waals surface area contributed by atoms with Crippen molar-refractivity contribution in [2.75, 3.05) is 38.3 Å². The maximum atomic E-state index is 12.6. The molecule has 0 unspecified atom stereocenters. The molecule has 1 aromatic rings. The van der Waals surface area contributed by atoms with Crippen LogP contribution in [0.1, 0.15) is 5.56 Å². The van der Waals surface area contributed by atoms with Gasteiger partial charge in [0, 0.05) is 20.2 Å². The number of methoxy groups -OCH3 is 1. The summed E-state index contributed by atoms with van der Waals surface area (Å²) in [6, 6.07) is 2.27. The highest BCUT2D eigenvalue weighted by atomic mass is 35.5.